The lowest BCUT2D eigenvalue weighted by atomic mass is 9.88. The van der Waals surface area contributed by atoms with E-state index in [-0.39, 0.29) is 6.04 Å². The highest BCUT2D eigenvalue weighted by Gasteiger charge is 2.18. The minimum Gasteiger partial charge on any atom is -0.324 e. The van der Waals surface area contributed by atoms with E-state index < -0.39 is 0 Å². The molecule has 0 aromatic heterocycles. The van der Waals surface area contributed by atoms with E-state index in [1.807, 2.05) is 0 Å². The van der Waals surface area contributed by atoms with E-state index in [0.717, 1.165) is 6.42 Å². The maximum atomic E-state index is 6.02. The van der Waals surface area contributed by atoms with Crippen LogP contribution < -0.4 is 5.73 Å². The summed E-state index contributed by atoms with van der Waals surface area (Å²) in [5.41, 5.74) is 8.76. The first kappa shape index (κ1) is 8.27. The smallest absolute Gasteiger partial charge is 0.0308 e. The lowest BCUT2D eigenvalue weighted by molar-refractivity contribution is 0.568. The largest absolute Gasteiger partial charge is 0.324 e. The van der Waals surface area contributed by atoms with E-state index in [9.17, 15) is 0 Å². The molecule has 0 unspecified atom stereocenters. The van der Waals surface area contributed by atoms with Gasteiger partial charge in [-0.1, -0.05) is 28.1 Å². The van der Waals surface area contributed by atoms with Crippen molar-refractivity contribution in [1.29, 1.82) is 0 Å². The molecule has 1 aromatic rings. The van der Waals surface area contributed by atoms with E-state index in [2.05, 4.69) is 34.1 Å². The Morgan fingerprint density at radius 3 is 3.00 bits per heavy atom. The summed E-state index contributed by atoms with van der Waals surface area (Å²) in [4.78, 5) is 0. The minimum absolute atomic E-state index is 0.240. The van der Waals surface area contributed by atoms with Crippen molar-refractivity contribution in [2.24, 2.45) is 5.73 Å². The molecule has 1 atom stereocenters. The van der Waals surface area contributed by atoms with Crippen LogP contribution in [0.1, 0.15) is 30.0 Å². The highest BCUT2D eigenvalue weighted by molar-refractivity contribution is 9.10. The first-order valence-corrected chi connectivity index (χ1v) is 5.11. The highest BCUT2D eigenvalue weighted by Crippen LogP contribution is 2.33. The van der Waals surface area contributed by atoms with E-state index in [1.54, 1.807) is 0 Å². The topological polar surface area (TPSA) is 26.0 Å². The fourth-order valence-corrected chi connectivity index (χ4v) is 2.57. The van der Waals surface area contributed by atoms with Crippen LogP contribution in [0.25, 0.3) is 0 Å². The van der Waals surface area contributed by atoms with Crippen LogP contribution in [0.5, 0.6) is 0 Å². The Labute approximate surface area is 81.1 Å². The minimum atomic E-state index is 0.240. The van der Waals surface area contributed by atoms with Crippen molar-refractivity contribution >= 4 is 15.9 Å². The van der Waals surface area contributed by atoms with Gasteiger partial charge in [-0.25, -0.2) is 0 Å². The number of aryl methyl sites for hydroxylation is 1. The molecule has 2 N–H and O–H groups in total. The molecule has 0 fully saturated rings. The fraction of sp³-hybridized carbons (Fsp3) is 0.400. The normalized spacial score (nSPS) is 22.0. The Morgan fingerprint density at radius 1 is 1.42 bits per heavy atom. The average Bonchev–Trinajstić information content (AvgIpc) is 2.04. The molecule has 2 rings (SSSR count). The standard InChI is InChI=1S/C10H12BrN/c11-8-5-1-3-7-4-2-6-9(12)10(7)8/h1,3,5,9H,2,4,6,12H2/t9-/m0/s1. The zero-order valence-electron chi connectivity index (χ0n) is 6.89. The third kappa shape index (κ3) is 1.29. The third-order valence-corrected chi connectivity index (χ3v) is 3.17. The maximum absolute atomic E-state index is 6.02. The van der Waals surface area contributed by atoms with Gasteiger partial charge in [0.25, 0.3) is 0 Å². The van der Waals surface area contributed by atoms with Gasteiger partial charge in [0.2, 0.25) is 0 Å². The lowest BCUT2D eigenvalue weighted by Crippen LogP contribution is -2.17. The summed E-state index contributed by atoms with van der Waals surface area (Å²) in [5.74, 6) is 0. The fourth-order valence-electron chi connectivity index (χ4n) is 1.87. The maximum Gasteiger partial charge on any atom is 0.0308 e. The molecular formula is C10H12BrN. The molecule has 0 spiro atoms. The summed E-state index contributed by atoms with van der Waals surface area (Å²) in [5, 5.41) is 0. The molecular weight excluding hydrogens is 214 g/mol. The van der Waals surface area contributed by atoms with Crippen molar-refractivity contribution in [2.75, 3.05) is 0 Å². The molecule has 0 saturated heterocycles. The van der Waals surface area contributed by atoms with Gasteiger partial charge in [0.15, 0.2) is 0 Å². The van der Waals surface area contributed by atoms with Crippen molar-refractivity contribution in [3.63, 3.8) is 0 Å². The molecule has 1 aromatic carbocycles. The molecule has 12 heavy (non-hydrogen) atoms. The Hall–Kier alpha value is -0.340. The van der Waals surface area contributed by atoms with Crippen LogP contribution in [0.2, 0.25) is 0 Å². The molecule has 0 saturated carbocycles. The molecule has 1 nitrogen and oxygen atoms in total. The van der Waals surface area contributed by atoms with E-state index in [4.69, 9.17) is 5.73 Å². The number of fused-ring (bicyclic) bond motifs is 1. The van der Waals surface area contributed by atoms with Gasteiger partial charge in [0.1, 0.15) is 0 Å². The van der Waals surface area contributed by atoms with Gasteiger partial charge in [-0.05, 0) is 36.5 Å². The van der Waals surface area contributed by atoms with Crippen molar-refractivity contribution in [3.8, 4) is 0 Å². The van der Waals surface area contributed by atoms with Crippen LogP contribution in [0.4, 0.5) is 0 Å². The zero-order valence-corrected chi connectivity index (χ0v) is 8.47. The van der Waals surface area contributed by atoms with E-state index >= 15 is 0 Å². The number of benzene rings is 1. The second-order valence-corrected chi connectivity index (χ2v) is 4.17. The Kier molecular flexibility index (Phi) is 2.20. The van der Waals surface area contributed by atoms with Crippen LogP contribution in [-0.2, 0) is 6.42 Å². The van der Waals surface area contributed by atoms with E-state index in [1.165, 1.54) is 28.4 Å². The van der Waals surface area contributed by atoms with Gasteiger partial charge >= 0.3 is 0 Å². The number of nitrogens with two attached hydrogens (primary N) is 1. The first-order valence-electron chi connectivity index (χ1n) is 4.32. The van der Waals surface area contributed by atoms with Crippen molar-refractivity contribution in [1.82, 2.24) is 0 Å². The molecule has 64 valence electrons. The lowest BCUT2D eigenvalue weighted by Gasteiger charge is -2.23. The Balaban J connectivity index is 2.53. The quantitative estimate of drug-likeness (QED) is 0.723. The second-order valence-electron chi connectivity index (χ2n) is 3.31. The third-order valence-electron chi connectivity index (χ3n) is 2.48. The van der Waals surface area contributed by atoms with Gasteiger partial charge in [0, 0.05) is 10.5 Å². The summed E-state index contributed by atoms with van der Waals surface area (Å²) in [6.45, 7) is 0. The van der Waals surface area contributed by atoms with Crippen LogP contribution in [0.15, 0.2) is 22.7 Å². The molecule has 0 heterocycles. The molecule has 0 aliphatic heterocycles. The van der Waals surface area contributed by atoms with Crippen LogP contribution in [0.3, 0.4) is 0 Å². The summed E-state index contributed by atoms with van der Waals surface area (Å²) < 4.78 is 1.17. The van der Waals surface area contributed by atoms with Crippen molar-refractivity contribution < 1.29 is 0 Å². The van der Waals surface area contributed by atoms with Crippen LogP contribution in [-0.4, -0.2) is 0 Å². The van der Waals surface area contributed by atoms with Crippen molar-refractivity contribution in [3.05, 3.63) is 33.8 Å². The van der Waals surface area contributed by atoms with Crippen LogP contribution >= 0.6 is 15.9 Å². The monoisotopic (exact) mass is 225 g/mol. The summed E-state index contributed by atoms with van der Waals surface area (Å²) >= 11 is 3.54. The molecule has 0 radical (unpaired) electrons. The molecule has 1 aliphatic carbocycles. The number of hydrogen-bond acceptors (Lipinski definition) is 1. The van der Waals surface area contributed by atoms with Gasteiger partial charge in [-0.3, -0.25) is 0 Å². The molecule has 1 aliphatic rings. The molecule has 0 amide bonds. The second kappa shape index (κ2) is 3.19. The average molecular weight is 226 g/mol. The van der Waals surface area contributed by atoms with Gasteiger partial charge in [0.05, 0.1) is 0 Å². The summed E-state index contributed by atoms with van der Waals surface area (Å²) in [6, 6.07) is 6.58. The molecule has 2 heteroatoms. The van der Waals surface area contributed by atoms with E-state index in [0.29, 0.717) is 0 Å². The van der Waals surface area contributed by atoms with Crippen molar-refractivity contribution in [2.45, 2.75) is 25.3 Å². The summed E-state index contributed by atoms with van der Waals surface area (Å²) in [7, 11) is 0. The van der Waals surface area contributed by atoms with Crippen LogP contribution in [0, 0.1) is 0 Å². The summed E-state index contributed by atoms with van der Waals surface area (Å²) in [6.07, 6.45) is 3.53. The number of halogens is 1. The predicted octanol–water partition coefficient (Wildman–Crippen LogP) is 2.79. The van der Waals surface area contributed by atoms with Gasteiger partial charge < -0.3 is 5.73 Å². The SMILES string of the molecule is N[C@H]1CCCc2cccc(Br)c21. The zero-order chi connectivity index (χ0) is 8.55. The molecule has 0 bridgehead atoms. The van der Waals surface area contributed by atoms with Gasteiger partial charge in [-0.2, -0.15) is 0 Å². The predicted molar refractivity (Wildman–Crippen MR) is 54.0 cm³/mol. The first-order chi connectivity index (χ1) is 5.79. The number of hydrogen-bond donors (Lipinski definition) is 1. The Bertz CT molecular complexity index is 296. The number of rotatable bonds is 0. The highest BCUT2D eigenvalue weighted by atomic mass is 79.9. The Morgan fingerprint density at radius 2 is 2.25 bits per heavy atom. The van der Waals surface area contributed by atoms with Gasteiger partial charge in [-0.15, -0.1) is 0 Å².